The zero-order chi connectivity index (χ0) is 32.6. The van der Waals surface area contributed by atoms with Crippen LogP contribution < -0.4 is 20.1 Å². The lowest BCUT2D eigenvalue weighted by Crippen LogP contribution is -2.59. The fourth-order valence-corrected chi connectivity index (χ4v) is 7.88. The van der Waals surface area contributed by atoms with Crippen LogP contribution in [0.25, 0.3) is 22.2 Å². The molecule has 0 radical (unpaired) electrons. The number of alkyl halides is 4. The van der Waals surface area contributed by atoms with E-state index in [4.69, 9.17) is 31.8 Å². The lowest BCUT2D eigenvalue weighted by molar-refractivity contribution is -0.137. The summed E-state index contributed by atoms with van der Waals surface area (Å²) in [6, 6.07) is 1.80. The first-order valence-electron chi connectivity index (χ1n) is 15.5. The smallest absolute Gasteiger partial charge is 0.418 e. The monoisotopic (exact) mass is 667 g/mol. The predicted molar refractivity (Wildman–Crippen MR) is 164 cm³/mol. The predicted octanol–water partition coefficient (Wildman–Crippen LogP) is 5.72. The maximum Gasteiger partial charge on any atom is 0.418 e. The molecule has 2 aromatic heterocycles. The molecule has 1 spiro atoms. The fraction of sp³-hybridized carbons (Fsp3) is 0.581. The van der Waals surface area contributed by atoms with E-state index in [1.54, 1.807) is 0 Å². The SMILES string of the molecule is CN(C)CCN1c2nc(OC[C@@]34CCCN3C[C@H](F)C4)nc3c(F)c(-c4cc(N)cc(Cl)c4C(F)(F)F)nc(c23)OCC12CCC2. The summed E-state index contributed by atoms with van der Waals surface area (Å²) in [5.74, 6) is -0.871. The van der Waals surface area contributed by atoms with Gasteiger partial charge >= 0.3 is 12.2 Å². The highest BCUT2D eigenvalue weighted by Gasteiger charge is 2.50. The third kappa shape index (κ3) is 5.16. The number of aromatic nitrogens is 3. The van der Waals surface area contributed by atoms with Crippen molar-refractivity contribution in [3.8, 4) is 23.1 Å². The number of nitrogen functional groups attached to an aromatic ring is 1. The van der Waals surface area contributed by atoms with E-state index in [2.05, 4.69) is 19.8 Å². The number of pyridine rings is 1. The van der Waals surface area contributed by atoms with E-state index in [1.807, 2.05) is 19.0 Å². The van der Waals surface area contributed by atoms with Crippen LogP contribution in [0.5, 0.6) is 11.9 Å². The van der Waals surface area contributed by atoms with Crippen LogP contribution >= 0.6 is 11.6 Å². The lowest BCUT2D eigenvalue weighted by Gasteiger charge is -2.49. The Bertz CT molecular complexity index is 1690. The molecule has 1 saturated carbocycles. The maximum absolute atomic E-state index is 16.8. The van der Waals surface area contributed by atoms with E-state index < -0.39 is 51.1 Å². The highest BCUT2D eigenvalue weighted by Crippen LogP contribution is 2.50. The molecule has 0 amide bonds. The van der Waals surface area contributed by atoms with Gasteiger partial charge in [-0.25, -0.2) is 13.8 Å². The van der Waals surface area contributed by atoms with Crippen molar-refractivity contribution in [1.29, 1.82) is 0 Å². The Morgan fingerprint density at radius 2 is 1.93 bits per heavy atom. The van der Waals surface area contributed by atoms with Crippen molar-refractivity contribution in [1.82, 2.24) is 24.8 Å². The van der Waals surface area contributed by atoms with Gasteiger partial charge in [-0.1, -0.05) is 11.6 Å². The molecule has 46 heavy (non-hydrogen) atoms. The number of anilines is 2. The van der Waals surface area contributed by atoms with Gasteiger partial charge in [0, 0.05) is 37.3 Å². The van der Waals surface area contributed by atoms with Gasteiger partial charge in [-0.3, -0.25) is 4.90 Å². The standard InChI is InChI=1S/C31H35ClF5N7O2/c1-42(2)9-10-44-26-21-25(40-28(41-26)46-16-30-7-4-8-43(30)14-17(33)13-30)23(34)24(39-27(21)45-15-29(44)5-3-6-29)19-11-18(38)12-20(32)22(19)31(35,36)37/h11-12,17H,3-10,13-16,38H2,1-2H3/t17-,30+/m1/s1. The van der Waals surface area contributed by atoms with E-state index in [9.17, 15) is 17.6 Å². The zero-order valence-electron chi connectivity index (χ0n) is 25.6. The number of fused-ring (bicyclic) bond motifs is 1. The normalized spacial score (nSPS) is 23.9. The molecule has 0 bridgehead atoms. The molecule has 2 atom stereocenters. The lowest BCUT2D eigenvalue weighted by atomic mass is 9.75. The van der Waals surface area contributed by atoms with E-state index in [1.165, 1.54) is 0 Å². The quantitative estimate of drug-likeness (QED) is 0.251. The molecule has 7 rings (SSSR count). The molecule has 2 N–H and O–H groups in total. The Morgan fingerprint density at radius 1 is 1.15 bits per heavy atom. The van der Waals surface area contributed by atoms with Crippen molar-refractivity contribution < 1.29 is 31.4 Å². The molecule has 248 valence electrons. The largest absolute Gasteiger partial charge is 0.475 e. The molecule has 3 aliphatic heterocycles. The minimum absolute atomic E-state index is 0.0881. The van der Waals surface area contributed by atoms with Gasteiger partial charge in [0.25, 0.3) is 0 Å². The van der Waals surface area contributed by atoms with E-state index in [0.717, 1.165) is 50.8 Å². The van der Waals surface area contributed by atoms with Gasteiger partial charge in [-0.2, -0.15) is 23.1 Å². The number of benzene rings is 1. The first-order chi connectivity index (χ1) is 21.8. The number of nitrogens with zero attached hydrogens (tertiary/aromatic N) is 6. The van der Waals surface area contributed by atoms with Crippen LogP contribution in [0, 0.1) is 5.82 Å². The molecule has 1 aliphatic carbocycles. The van der Waals surface area contributed by atoms with Gasteiger partial charge in [0.2, 0.25) is 5.88 Å². The van der Waals surface area contributed by atoms with Crippen LogP contribution in [-0.2, 0) is 6.18 Å². The molecule has 1 aromatic carbocycles. The van der Waals surface area contributed by atoms with Crippen molar-refractivity contribution in [2.45, 2.75) is 62.0 Å². The molecule has 0 unspecified atom stereocenters. The highest BCUT2D eigenvalue weighted by atomic mass is 35.5. The molecule has 15 heteroatoms. The number of ether oxygens (including phenoxy) is 2. The van der Waals surface area contributed by atoms with Crippen molar-refractivity contribution in [2.24, 2.45) is 0 Å². The summed E-state index contributed by atoms with van der Waals surface area (Å²) >= 11 is 6.03. The van der Waals surface area contributed by atoms with Gasteiger partial charge in [0.05, 0.1) is 21.7 Å². The molecule has 3 fully saturated rings. The third-order valence-corrected chi connectivity index (χ3v) is 10.3. The summed E-state index contributed by atoms with van der Waals surface area (Å²) in [4.78, 5) is 19.8. The molecular formula is C31H35ClF5N7O2. The van der Waals surface area contributed by atoms with Gasteiger partial charge in [0.15, 0.2) is 5.82 Å². The van der Waals surface area contributed by atoms with Crippen LogP contribution in [0.3, 0.4) is 0 Å². The Balaban J connectivity index is 1.43. The van der Waals surface area contributed by atoms with Crippen LogP contribution in [0.1, 0.15) is 44.1 Å². The Morgan fingerprint density at radius 3 is 2.63 bits per heavy atom. The molecule has 5 heterocycles. The van der Waals surface area contributed by atoms with Crippen LogP contribution in [-0.4, -0.2) is 95.5 Å². The summed E-state index contributed by atoms with van der Waals surface area (Å²) in [6.45, 7) is 2.48. The van der Waals surface area contributed by atoms with Gasteiger partial charge in [0.1, 0.15) is 41.8 Å². The van der Waals surface area contributed by atoms with Gasteiger partial charge < -0.3 is 25.0 Å². The van der Waals surface area contributed by atoms with Crippen molar-refractivity contribution in [2.75, 3.05) is 64.1 Å². The fourth-order valence-electron chi connectivity index (χ4n) is 7.54. The Labute approximate surface area is 267 Å². The first kappa shape index (κ1) is 31.4. The molecule has 3 aromatic rings. The number of likely N-dealkylation sites (N-methyl/N-ethyl adjacent to an activating group) is 1. The van der Waals surface area contributed by atoms with Crippen molar-refractivity contribution in [3.05, 3.63) is 28.5 Å². The maximum atomic E-state index is 16.8. The second-order valence-corrected chi connectivity index (χ2v) is 13.6. The summed E-state index contributed by atoms with van der Waals surface area (Å²) < 4.78 is 86.6. The Hall–Kier alpha value is -3.23. The number of hydrogen-bond donors (Lipinski definition) is 1. The number of halogens is 6. The summed E-state index contributed by atoms with van der Waals surface area (Å²) in [5.41, 5.74) is 1.93. The van der Waals surface area contributed by atoms with E-state index >= 15 is 4.39 Å². The highest BCUT2D eigenvalue weighted by molar-refractivity contribution is 6.32. The van der Waals surface area contributed by atoms with Crippen LogP contribution in [0.15, 0.2) is 12.1 Å². The summed E-state index contributed by atoms with van der Waals surface area (Å²) in [6.07, 6.45) is -1.51. The van der Waals surface area contributed by atoms with Gasteiger partial charge in [-0.05, 0) is 64.9 Å². The zero-order valence-corrected chi connectivity index (χ0v) is 26.3. The number of hydrogen-bond acceptors (Lipinski definition) is 9. The molecular weight excluding hydrogens is 633 g/mol. The van der Waals surface area contributed by atoms with E-state index in [0.29, 0.717) is 31.9 Å². The average Bonchev–Trinajstić information content (AvgIpc) is 3.42. The van der Waals surface area contributed by atoms with Crippen LogP contribution in [0.2, 0.25) is 5.02 Å². The molecule has 4 aliphatic rings. The van der Waals surface area contributed by atoms with Gasteiger partial charge in [-0.15, -0.1) is 0 Å². The number of rotatable bonds is 7. The number of nitrogens with two attached hydrogens (primary N) is 1. The average molecular weight is 668 g/mol. The summed E-state index contributed by atoms with van der Waals surface area (Å²) in [7, 11) is 3.88. The second-order valence-electron chi connectivity index (χ2n) is 13.2. The molecule has 9 nitrogen and oxygen atoms in total. The van der Waals surface area contributed by atoms with Crippen LogP contribution in [0.4, 0.5) is 33.5 Å². The van der Waals surface area contributed by atoms with E-state index in [-0.39, 0.29) is 41.7 Å². The molecule has 2 saturated heterocycles. The summed E-state index contributed by atoms with van der Waals surface area (Å²) in [5, 5.41) is -0.542. The van der Waals surface area contributed by atoms with Crippen molar-refractivity contribution in [3.63, 3.8) is 0 Å². The topological polar surface area (TPSA) is 92.9 Å². The second kappa shape index (κ2) is 11.2. The third-order valence-electron chi connectivity index (χ3n) is 9.96. The Kier molecular flexibility index (Phi) is 7.63. The minimum atomic E-state index is -4.94. The first-order valence-corrected chi connectivity index (χ1v) is 15.8. The van der Waals surface area contributed by atoms with Crippen molar-refractivity contribution >= 4 is 34.0 Å². The minimum Gasteiger partial charge on any atom is -0.475 e.